The van der Waals surface area contributed by atoms with Gasteiger partial charge in [-0.25, -0.2) is 0 Å². The third-order valence-corrected chi connectivity index (χ3v) is 3.76. The van der Waals surface area contributed by atoms with Crippen LogP contribution in [0.15, 0.2) is 0 Å². The smallest absolute Gasteiger partial charge is 0.231 e. The van der Waals surface area contributed by atoms with Crippen LogP contribution >= 0.6 is 11.6 Å². The number of hydrogen-bond acceptors (Lipinski definition) is 6. The molecule has 6 nitrogen and oxygen atoms in total. The van der Waals surface area contributed by atoms with Crippen molar-refractivity contribution < 1.29 is 4.74 Å². The minimum atomic E-state index is 0.276. The third-order valence-electron chi connectivity index (χ3n) is 3.59. The van der Waals surface area contributed by atoms with Gasteiger partial charge in [-0.3, -0.25) is 0 Å². The third kappa shape index (κ3) is 3.12. The monoisotopic (exact) mass is 297 g/mol. The molecule has 110 valence electrons. The van der Waals surface area contributed by atoms with Crippen molar-refractivity contribution in [2.45, 2.75) is 32.2 Å². The zero-order chi connectivity index (χ0) is 13.9. The van der Waals surface area contributed by atoms with Crippen LogP contribution < -0.4 is 9.80 Å². The molecular formula is C13H20ClN5O. The molecular weight excluding hydrogens is 278 g/mol. The van der Waals surface area contributed by atoms with E-state index in [1.807, 2.05) is 0 Å². The highest BCUT2D eigenvalue weighted by Gasteiger charge is 2.31. The molecule has 0 radical (unpaired) electrons. The molecule has 20 heavy (non-hydrogen) atoms. The van der Waals surface area contributed by atoms with E-state index in [1.165, 1.54) is 12.8 Å². The molecule has 1 aromatic heterocycles. The van der Waals surface area contributed by atoms with E-state index in [2.05, 4.69) is 31.7 Å². The molecule has 1 saturated heterocycles. The van der Waals surface area contributed by atoms with Crippen LogP contribution in [0.2, 0.25) is 5.28 Å². The lowest BCUT2D eigenvalue weighted by molar-refractivity contribution is 0.122. The molecule has 0 bridgehead atoms. The van der Waals surface area contributed by atoms with Crippen LogP contribution in [0.1, 0.15) is 26.2 Å². The van der Waals surface area contributed by atoms with Gasteiger partial charge in [-0.2, -0.15) is 15.0 Å². The Balaban J connectivity index is 1.84. The van der Waals surface area contributed by atoms with E-state index in [1.54, 1.807) is 0 Å². The fourth-order valence-corrected chi connectivity index (χ4v) is 2.59. The van der Waals surface area contributed by atoms with Gasteiger partial charge < -0.3 is 14.5 Å². The Morgan fingerprint density at radius 1 is 1.25 bits per heavy atom. The van der Waals surface area contributed by atoms with E-state index < -0.39 is 0 Å². The van der Waals surface area contributed by atoms with Gasteiger partial charge in [0.2, 0.25) is 17.2 Å². The van der Waals surface area contributed by atoms with Gasteiger partial charge in [-0.1, -0.05) is 6.92 Å². The lowest BCUT2D eigenvalue weighted by Crippen LogP contribution is -2.38. The van der Waals surface area contributed by atoms with Gasteiger partial charge in [-0.15, -0.1) is 0 Å². The fraction of sp³-hybridized carbons (Fsp3) is 0.769. The van der Waals surface area contributed by atoms with Crippen LogP contribution in [0.4, 0.5) is 11.9 Å². The zero-order valence-electron chi connectivity index (χ0n) is 11.8. The minimum Gasteiger partial charge on any atom is -0.378 e. The highest BCUT2D eigenvalue weighted by molar-refractivity contribution is 6.28. The van der Waals surface area contributed by atoms with Crippen molar-refractivity contribution in [1.29, 1.82) is 0 Å². The maximum absolute atomic E-state index is 6.09. The number of ether oxygens (including phenoxy) is 1. The second kappa shape index (κ2) is 6.10. The molecule has 2 heterocycles. The number of aromatic nitrogens is 3. The van der Waals surface area contributed by atoms with E-state index in [-0.39, 0.29) is 5.28 Å². The topological polar surface area (TPSA) is 54.4 Å². The van der Waals surface area contributed by atoms with Crippen LogP contribution in [0, 0.1) is 0 Å². The Morgan fingerprint density at radius 3 is 2.65 bits per heavy atom. The van der Waals surface area contributed by atoms with Crippen molar-refractivity contribution in [3.63, 3.8) is 0 Å². The van der Waals surface area contributed by atoms with Gasteiger partial charge in [0.05, 0.1) is 13.2 Å². The van der Waals surface area contributed by atoms with Crippen molar-refractivity contribution >= 4 is 23.5 Å². The van der Waals surface area contributed by atoms with Crippen molar-refractivity contribution in [2.75, 3.05) is 42.6 Å². The molecule has 2 fully saturated rings. The maximum Gasteiger partial charge on any atom is 0.231 e. The molecule has 2 aliphatic rings. The van der Waals surface area contributed by atoms with Crippen LogP contribution in [0.25, 0.3) is 0 Å². The SMILES string of the molecule is CCCN(c1nc(Cl)nc(N2CCOCC2)n1)C1CC1. The first-order valence-corrected chi connectivity index (χ1v) is 7.66. The summed E-state index contributed by atoms with van der Waals surface area (Å²) in [6.07, 6.45) is 3.51. The summed E-state index contributed by atoms with van der Waals surface area (Å²) in [6.45, 7) is 6.16. The molecule has 0 aromatic carbocycles. The van der Waals surface area contributed by atoms with Crippen LogP contribution in [0.3, 0.4) is 0 Å². The van der Waals surface area contributed by atoms with Gasteiger partial charge >= 0.3 is 0 Å². The van der Waals surface area contributed by atoms with Crippen molar-refractivity contribution in [3.8, 4) is 0 Å². The maximum atomic E-state index is 6.09. The molecule has 7 heteroatoms. The van der Waals surface area contributed by atoms with Crippen molar-refractivity contribution in [2.24, 2.45) is 0 Å². The first-order chi connectivity index (χ1) is 9.78. The minimum absolute atomic E-state index is 0.276. The molecule has 3 rings (SSSR count). The van der Waals surface area contributed by atoms with Crippen LogP contribution in [0.5, 0.6) is 0 Å². The normalized spacial score (nSPS) is 19.2. The summed E-state index contributed by atoms with van der Waals surface area (Å²) < 4.78 is 5.36. The fourth-order valence-electron chi connectivity index (χ4n) is 2.44. The molecule has 0 amide bonds. The predicted molar refractivity (Wildman–Crippen MR) is 78.5 cm³/mol. The molecule has 0 unspecified atom stereocenters. The quantitative estimate of drug-likeness (QED) is 0.825. The Labute approximate surface area is 124 Å². The highest BCUT2D eigenvalue weighted by atomic mass is 35.5. The summed E-state index contributed by atoms with van der Waals surface area (Å²) >= 11 is 6.09. The summed E-state index contributed by atoms with van der Waals surface area (Å²) in [5, 5.41) is 0.276. The van der Waals surface area contributed by atoms with E-state index in [9.17, 15) is 0 Å². The summed E-state index contributed by atoms with van der Waals surface area (Å²) in [6, 6.07) is 0.575. The first kappa shape index (κ1) is 13.8. The number of halogens is 1. The number of rotatable bonds is 5. The number of nitrogens with zero attached hydrogens (tertiary/aromatic N) is 5. The lowest BCUT2D eigenvalue weighted by Gasteiger charge is -2.28. The van der Waals surface area contributed by atoms with Gasteiger partial charge in [0.1, 0.15) is 0 Å². The van der Waals surface area contributed by atoms with Crippen LogP contribution in [-0.2, 0) is 4.74 Å². The Morgan fingerprint density at radius 2 is 2.00 bits per heavy atom. The molecule has 1 aliphatic heterocycles. The van der Waals surface area contributed by atoms with Crippen molar-refractivity contribution in [1.82, 2.24) is 15.0 Å². The number of morpholine rings is 1. The average molecular weight is 298 g/mol. The first-order valence-electron chi connectivity index (χ1n) is 7.29. The lowest BCUT2D eigenvalue weighted by atomic mass is 10.4. The zero-order valence-corrected chi connectivity index (χ0v) is 12.5. The summed E-state index contributed by atoms with van der Waals surface area (Å²) in [7, 11) is 0. The van der Waals surface area contributed by atoms with Crippen molar-refractivity contribution in [3.05, 3.63) is 5.28 Å². The Hall–Kier alpha value is -1.14. The molecule has 0 N–H and O–H groups in total. The molecule has 0 atom stereocenters. The summed E-state index contributed by atoms with van der Waals surface area (Å²) in [5.41, 5.74) is 0. The highest BCUT2D eigenvalue weighted by Crippen LogP contribution is 2.31. The number of anilines is 2. The molecule has 1 aromatic rings. The Bertz CT molecular complexity index is 462. The van der Waals surface area contributed by atoms with Gasteiger partial charge in [-0.05, 0) is 30.9 Å². The molecule has 0 spiro atoms. The van der Waals surface area contributed by atoms with E-state index in [0.717, 1.165) is 32.0 Å². The standard InChI is InChI=1S/C13H20ClN5O/c1-2-5-19(10-3-4-10)13-16-11(14)15-12(17-13)18-6-8-20-9-7-18/h10H,2-9H2,1H3. The second-order valence-electron chi connectivity index (χ2n) is 5.23. The largest absolute Gasteiger partial charge is 0.378 e. The van der Waals surface area contributed by atoms with E-state index in [4.69, 9.17) is 16.3 Å². The Kier molecular flexibility index (Phi) is 4.21. The number of hydrogen-bond donors (Lipinski definition) is 0. The van der Waals surface area contributed by atoms with E-state index >= 15 is 0 Å². The summed E-state index contributed by atoms with van der Waals surface area (Å²) in [4.78, 5) is 17.6. The second-order valence-corrected chi connectivity index (χ2v) is 5.57. The van der Waals surface area contributed by atoms with Crippen LogP contribution in [-0.4, -0.2) is 53.8 Å². The van der Waals surface area contributed by atoms with Gasteiger partial charge in [0.25, 0.3) is 0 Å². The average Bonchev–Trinajstić information content (AvgIpc) is 3.29. The molecule has 1 saturated carbocycles. The van der Waals surface area contributed by atoms with Gasteiger partial charge in [0.15, 0.2) is 0 Å². The molecule has 1 aliphatic carbocycles. The summed E-state index contributed by atoms with van der Waals surface area (Å²) in [5.74, 6) is 1.39. The predicted octanol–water partition coefficient (Wildman–Crippen LogP) is 1.74. The van der Waals surface area contributed by atoms with E-state index in [0.29, 0.717) is 25.2 Å². The van der Waals surface area contributed by atoms with Gasteiger partial charge in [0, 0.05) is 25.7 Å².